The van der Waals surface area contributed by atoms with Crippen LogP contribution in [0.15, 0.2) is 55.2 Å². The van der Waals surface area contributed by atoms with E-state index in [1.165, 1.54) is 11.3 Å². The summed E-state index contributed by atoms with van der Waals surface area (Å²) in [7, 11) is 2.09. The van der Waals surface area contributed by atoms with Crippen LogP contribution >= 0.6 is 0 Å². The molecule has 0 radical (unpaired) electrons. The Morgan fingerprint density at radius 2 is 1.89 bits per heavy atom. The van der Waals surface area contributed by atoms with Gasteiger partial charge in [-0.1, -0.05) is 0 Å². The van der Waals surface area contributed by atoms with Crippen molar-refractivity contribution in [3.05, 3.63) is 66.5 Å². The molecule has 3 rings (SSSR count). The minimum absolute atomic E-state index is 0.826. The summed E-state index contributed by atoms with van der Waals surface area (Å²) in [4.78, 5) is 0. The minimum Gasteiger partial charge on any atom is -0.353 e. The van der Waals surface area contributed by atoms with Gasteiger partial charge in [0.1, 0.15) is 0 Å². The lowest BCUT2D eigenvalue weighted by atomic mass is 10.3. The van der Waals surface area contributed by atoms with E-state index >= 15 is 0 Å². The van der Waals surface area contributed by atoms with E-state index in [2.05, 4.69) is 45.9 Å². The second-order valence-electron chi connectivity index (χ2n) is 4.51. The predicted octanol–water partition coefficient (Wildman–Crippen LogP) is 2.12. The Bertz CT molecular complexity index is 602. The van der Waals surface area contributed by atoms with E-state index in [4.69, 9.17) is 0 Å². The number of hydrogen-bond acceptors (Lipinski definition) is 1. The zero-order chi connectivity index (χ0) is 12.4. The highest BCUT2D eigenvalue weighted by atomic mass is 15.3. The van der Waals surface area contributed by atoms with Gasteiger partial charge in [0, 0.05) is 43.7 Å². The fraction of sp³-hybridized carbons (Fsp3) is 0.214. The molecule has 92 valence electrons. The molecule has 18 heavy (non-hydrogen) atoms. The van der Waals surface area contributed by atoms with Crippen LogP contribution in [-0.4, -0.2) is 18.9 Å². The van der Waals surface area contributed by atoms with Crippen LogP contribution in [0.25, 0.3) is 0 Å². The lowest BCUT2D eigenvalue weighted by molar-refractivity contribution is 0.685. The van der Waals surface area contributed by atoms with Crippen LogP contribution in [0.3, 0.4) is 0 Å². The van der Waals surface area contributed by atoms with Crippen LogP contribution in [0.1, 0.15) is 11.3 Å². The quantitative estimate of drug-likeness (QED) is 0.686. The van der Waals surface area contributed by atoms with Gasteiger partial charge in [-0.3, -0.25) is 4.68 Å². The van der Waals surface area contributed by atoms with E-state index in [0.29, 0.717) is 0 Å². The summed E-state index contributed by atoms with van der Waals surface area (Å²) in [5.41, 5.74) is 2.58. The van der Waals surface area contributed by atoms with Crippen molar-refractivity contribution in [1.82, 2.24) is 18.9 Å². The molecule has 0 fully saturated rings. The molecule has 0 aromatic carbocycles. The molecule has 0 aliphatic heterocycles. The third-order valence-corrected chi connectivity index (χ3v) is 3.08. The van der Waals surface area contributed by atoms with Crippen LogP contribution < -0.4 is 0 Å². The minimum atomic E-state index is 0.826. The maximum atomic E-state index is 4.23. The second-order valence-corrected chi connectivity index (χ2v) is 4.51. The standard InChI is InChI=1S/C14H16N4/c1-16-10-13(11-18-8-4-5-15-18)9-14(16)12-17-6-2-3-7-17/h2-10H,11-12H2,1H3. The first-order valence-corrected chi connectivity index (χ1v) is 6.03. The van der Waals surface area contributed by atoms with Gasteiger partial charge in [-0.25, -0.2) is 0 Å². The number of rotatable bonds is 4. The maximum Gasteiger partial charge on any atom is 0.0674 e. The monoisotopic (exact) mass is 240 g/mol. The molecular weight excluding hydrogens is 224 g/mol. The predicted molar refractivity (Wildman–Crippen MR) is 70.3 cm³/mol. The number of nitrogens with zero attached hydrogens (tertiary/aromatic N) is 4. The van der Waals surface area contributed by atoms with Crippen molar-refractivity contribution in [3.63, 3.8) is 0 Å². The number of aromatic nitrogens is 4. The van der Waals surface area contributed by atoms with Gasteiger partial charge in [-0.2, -0.15) is 5.10 Å². The first-order valence-electron chi connectivity index (χ1n) is 6.03. The SMILES string of the molecule is Cn1cc(Cn2cccn2)cc1Cn1cccc1. The highest BCUT2D eigenvalue weighted by Gasteiger charge is 2.04. The molecule has 0 aliphatic carbocycles. The fourth-order valence-corrected chi connectivity index (χ4v) is 2.17. The second kappa shape index (κ2) is 4.56. The van der Waals surface area contributed by atoms with Gasteiger partial charge in [0.25, 0.3) is 0 Å². The summed E-state index contributed by atoms with van der Waals surface area (Å²) in [5, 5.41) is 4.23. The molecule has 0 N–H and O–H groups in total. The number of aryl methyl sites for hydroxylation is 1. The smallest absolute Gasteiger partial charge is 0.0674 e. The van der Waals surface area contributed by atoms with Crippen molar-refractivity contribution < 1.29 is 0 Å². The average molecular weight is 240 g/mol. The Morgan fingerprint density at radius 3 is 2.61 bits per heavy atom. The van der Waals surface area contributed by atoms with Crippen molar-refractivity contribution in [1.29, 1.82) is 0 Å². The van der Waals surface area contributed by atoms with Gasteiger partial charge >= 0.3 is 0 Å². The molecule has 0 saturated carbocycles. The molecule has 4 nitrogen and oxygen atoms in total. The maximum absolute atomic E-state index is 4.23. The molecule has 3 heterocycles. The largest absolute Gasteiger partial charge is 0.353 e. The highest BCUT2D eigenvalue weighted by molar-refractivity contribution is 5.19. The summed E-state index contributed by atoms with van der Waals surface area (Å²) in [6.07, 6.45) is 10.1. The third kappa shape index (κ3) is 2.22. The topological polar surface area (TPSA) is 27.7 Å². The molecule has 0 saturated heterocycles. The van der Waals surface area contributed by atoms with Crippen molar-refractivity contribution in [2.75, 3.05) is 0 Å². The van der Waals surface area contributed by atoms with E-state index in [1.807, 2.05) is 35.3 Å². The lowest BCUT2D eigenvalue weighted by Gasteiger charge is -2.03. The Hall–Kier alpha value is -2.23. The van der Waals surface area contributed by atoms with Crippen molar-refractivity contribution in [2.24, 2.45) is 7.05 Å². The van der Waals surface area contributed by atoms with Gasteiger partial charge in [-0.15, -0.1) is 0 Å². The zero-order valence-corrected chi connectivity index (χ0v) is 10.4. The molecule has 0 bridgehead atoms. The van der Waals surface area contributed by atoms with E-state index in [1.54, 1.807) is 0 Å². The molecule has 3 aromatic rings. The van der Waals surface area contributed by atoms with Crippen LogP contribution in [0, 0.1) is 0 Å². The van der Waals surface area contributed by atoms with E-state index in [9.17, 15) is 0 Å². The first-order chi connectivity index (χ1) is 8.81. The summed E-state index contributed by atoms with van der Waals surface area (Å²) in [6, 6.07) is 8.28. The van der Waals surface area contributed by atoms with Crippen LogP contribution in [-0.2, 0) is 20.1 Å². The molecule has 4 heteroatoms. The molecule has 0 amide bonds. The van der Waals surface area contributed by atoms with E-state index in [-0.39, 0.29) is 0 Å². The Labute approximate surface area is 106 Å². The van der Waals surface area contributed by atoms with Gasteiger partial charge in [-0.05, 0) is 29.8 Å². The Balaban J connectivity index is 1.78. The molecule has 3 aromatic heterocycles. The van der Waals surface area contributed by atoms with Crippen molar-refractivity contribution in [3.8, 4) is 0 Å². The summed E-state index contributed by atoms with van der Waals surface area (Å²) in [5.74, 6) is 0. The molecule has 0 spiro atoms. The molecule has 0 unspecified atom stereocenters. The lowest BCUT2D eigenvalue weighted by Crippen LogP contribution is -2.01. The summed E-state index contributed by atoms with van der Waals surface area (Å²) >= 11 is 0. The van der Waals surface area contributed by atoms with E-state index in [0.717, 1.165) is 13.1 Å². The summed E-state index contributed by atoms with van der Waals surface area (Å²) in [6.45, 7) is 1.73. The normalized spacial score (nSPS) is 10.9. The van der Waals surface area contributed by atoms with Crippen LogP contribution in [0.5, 0.6) is 0 Å². The zero-order valence-electron chi connectivity index (χ0n) is 10.4. The molecular formula is C14H16N4. The van der Waals surface area contributed by atoms with Crippen molar-refractivity contribution in [2.45, 2.75) is 13.1 Å². The first kappa shape index (κ1) is 10.9. The van der Waals surface area contributed by atoms with Gasteiger partial charge in [0.05, 0.1) is 13.1 Å². The van der Waals surface area contributed by atoms with Gasteiger partial charge in [0.2, 0.25) is 0 Å². The fourth-order valence-electron chi connectivity index (χ4n) is 2.17. The summed E-state index contributed by atoms with van der Waals surface area (Å²) < 4.78 is 6.29. The third-order valence-electron chi connectivity index (χ3n) is 3.08. The number of hydrogen-bond donors (Lipinski definition) is 0. The van der Waals surface area contributed by atoms with Crippen LogP contribution in [0.4, 0.5) is 0 Å². The van der Waals surface area contributed by atoms with Gasteiger partial charge in [0.15, 0.2) is 0 Å². The average Bonchev–Trinajstić information content (AvgIpc) is 3.04. The van der Waals surface area contributed by atoms with E-state index < -0.39 is 0 Å². The molecule has 0 atom stereocenters. The van der Waals surface area contributed by atoms with Crippen molar-refractivity contribution >= 4 is 0 Å². The Morgan fingerprint density at radius 1 is 1.06 bits per heavy atom. The highest BCUT2D eigenvalue weighted by Crippen LogP contribution is 2.10. The molecule has 0 aliphatic rings. The van der Waals surface area contributed by atoms with Crippen LogP contribution in [0.2, 0.25) is 0 Å². The van der Waals surface area contributed by atoms with Gasteiger partial charge < -0.3 is 9.13 Å². The Kier molecular flexibility index (Phi) is 2.76.